The highest BCUT2D eigenvalue weighted by Crippen LogP contribution is 2.28. The molecule has 0 atom stereocenters. The van der Waals surface area contributed by atoms with Gasteiger partial charge in [-0.1, -0.05) is 25.1 Å². The van der Waals surface area contributed by atoms with Gasteiger partial charge in [0.15, 0.2) is 0 Å². The van der Waals surface area contributed by atoms with Gasteiger partial charge in [-0.3, -0.25) is 4.90 Å². The fourth-order valence-electron chi connectivity index (χ4n) is 3.06. The Morgan fingerprint density at radius 3 is 2.81 bits per heavy atom. The Bertz CT molecular complexity index is 618. The van der Waals surface area contributed by atoms with Crippen LogP contribution in [0.2, 0.25) is 0 Å². The number of ether oxygens (including phenoxy) is 1. The van der Waals surface area contributed by atoms with Gasteiger partial charge >= 0.3 is 0 Å². The number of benzene rings is 1. The van der Waals surface area contributed by atoms with Crippen molar-refractivity contribution in [1.82, 2.24) is 9.88 Å². The number of fused-ring (bicyclic) bond motifs is 1. The van der Waals surface area contributed by atoms with E-state index in [9.17, 15) is 0 Å². The molecule has 112 valence electrons. The summed E-state index contributed by atoms with van der Waals surface area (Å²) in [6, 6.07) is 8.56. The lowest BCUT2D eigenvalue weighted by molar-refractivity contribution is 0.233. The minimum absolute atomic E-state index is 0.726. The van der Waals surface area contributed by atoms with Gasteiger partial charge in [0.25, 0.3) is 0 Å². The number of aryl methyl sites for hydroxylation is 2. The van der Waals surface area contributed by atoms with Crippen LogP contribution >= 0.6 is 0 Å². The normalized spacial score (nSPS) is 15.7. The average Bonchev–Trinajstić information content (AvgIpc) is 3.00. The van der Waals surface area contributed by atoms with Gasteiger partial charge in [0, 0.05) is 17.6 Å². The topological polar surface area (TPSA) is 25.4 Å². The van der Waals surface area contributed by atoms with Gasteiger partial charge in [0.05, 0.1) is 0 Å². The molecule has 1 aromatic carbocycles. The van der Waals surface area contributed by atoms with Crippen molar-refractivity contribution in [2.24, 2.45) is 0 Å². The predicted octanol–water partition coefficient (Wildman–Crippen LogP) is 3.58. The summed E-state index contributed by atoms with van der Waals surface area (Å²) in [6.45, 7) is 8.42. The van der Waals surface area contributed by atoms with E-state index in [2.05, 4.69) is 43.0 Å². The smallest absolute Gasteiger partial charge is 0.221 e. The van der Waals surface area contributed by atoms with E-state index in [0.717, 1.165) is 36.5 Å². The first-order valence-corrected chi connectivity index (χ1v) is 8.02. The van der Waals surface area contributed by atoms with Gasteiger partial charge < -0.3 is 4.74 Å². The molecule has 1 aliphatic heterocycles. The third kappa shape index (κ3) is 3.18. The molecule has 1 aliphatic rings. The van der Waals surface area contributed by atoms with Gasteiger partial charge in [0.1, 0.15) is 6.61 Å². The van der Waals surface area contributed by atoms with E-state index in [1.807, 2.05) is 0 Å². The van der Waals surface area contributed by atoms with Crippen LogP contribution in [0.15, 0.2) is 24.3 Å². The first kappa shape index (κ1) is 14.3. The maximum absolute atomic E-state index is 6.05. The van der Waals surface area contributed by atoms with E-state index >= 15 is 0 Å². The van der Waals surface area contributed by atoms with Crippen molar-refractivity contribution in [3.8, 4) is 5.88 Å². The highest BCUT2D eigenvalue weighted by atomic mass is 16.5. The molecular formula is C18H24N2O. The van der Waals surface area contributed by atoms with Crippen molar-refractivity contribution in [1.29, 1.82) is 0 Å². The largest absolute Gasteiger partial charge is 0.476 e. The molecular weight excluding hydrogens is 260 g/mol. The lowest BCUT2D eigenvalue weighted by Crippen LogP contribution is -2.25. The van der Waals surface area contributed by atoms with Crippen molar-refractivity contribution in [2.45, 2.75) is 33.1 Å². The van der Waals surface area contributed by atoms with E-state index in [1.54, 1.807) is 0 Å². The molecule has 3 nitrogen and oxygen atoms in total. The van der Waals surface area contributed by atoms with Gasteiger partial charge in [-0.25, -0.2) is 4.98 Å². The number of aromatic nitrogens is 1. The Kier molecular flexibility index (Phi) is 4.39. The number of rotatable bonds is 5. The number of pyridine rings is 1. The zero-order valence-corrected chi connectivity index (χ0v) is 13.1. The standard InChI is InChI=1S/C18H24N2O/c1-3-16-13-15-8-6-7-14(2)17(15)18(19-16)21-12-11-20-9-4-5-10-20/h6-8,13H,3-5,9-12H2,1-2H3. The van der Waals surface area contributed by atoms with Crippen LogP contribution in [-0.2, 0) is 6.42 Å². The molecule has 1 aromatic heterocycles. The highest BCUT2D eigenvalue weighted by molar-refractivity contribution is 5.90. The number of nitrogens with zero attached hydrogens (tertiary/aromatic N) is 2. The summed E-state index contributed by atoms with van der Waals surface area (Å²) >= 11 is 0. The Balaban J connectivity index is 1.81. The van der Waals surface area contributed by atoms with E-state index in [-0.39, 0.29) is 0 Å². The van der Waals surface area contributed by atoms with Crippen LogP contribution in [0.5, 0.6) is 5.88 Å². The van der Waals surface area contributed by atoms with Crippen molar-refractivity contribution >= 4 is 10.8 Å². The molecule has 3 rings (SSSR count). The van der Waals surface area contributed by atoms with Gasteiger partial charge in [-0.2, -0.15) is 0 Å². The quantitative estimate of drug-likeness (QED) is 0.839. The number of hydrogen-bond donors (Lipinski definition) is 0. The fourth-order valence-corrected chi connectivity index (χ4v) is 3.06. The number of hydrogen-bond acceptors (Lipinski definition) is 3. The van der Waals surface area contributed by atoms with Gasteiger partial charge in [-0.15, -0.1) is 0 Å². The highest BCUT2D eigenvalue weighted by Gasteiger charge is 2.13. The number of likely N-dealkylation sites (tertiary alicyclic amines) is 1. The molecule has 0 bridgehead atoms. The molecule has 2 aromatic rings. The molecule has 2 heterocycles. The van der Waals surface area contributed by atoms with Crippen LogP contribution in [-0.4, -0.2) is 36.1 Å². The zero-order chi connectivity index (χ0) is 14.7. The van der Waals surface area contributed by atoms with Crippen molar-refractivity contribution in [3.63, 3.8) is 0 Å². The summed E-state index contributed by atoms with van der Waals surface area (Å²) in [7, 11) is 0. The third-order valence-electron chi connectivity index (χ3n) is 4.29. The second kappa shape index (κ2) is 6.44. The molecule has 0 N–H and O–H groups in total. The van der Waals surface area contributed by atoms with Crippen LogP contribution < -0.4 is 4.74 Å². The maximum atomic E-state index is 6.05. The first-order chi connectivity index (χ1) is 10.3. The van der Waals surface area contributed by atoms with E-state index < -0.39 is 0 Å². The fraction of sp³-hybridized carbons (Fsp3) is 0.500. The molecule has 21 heavy (non-hydrogen) atoms. The average molecular weight is 284 g/mol. The Hall–Kier alpha value is -1.61. The SMILES string of the molecule is CCc1cc2cccc(C)c2c(OCCN2CCCC2)n1. The molecule has 0 amide bonds. The first-order valence-electron chi connectivity index (χ1n) is 8.02. The Morgan fingerprint density at radius 1 is 1.24 bits per heavy atom. The Morgan fingerprint density at radius 2 is 2.05 bits per heavy atom. The third-order valence-corrected chi connectivity index (χ3v) is 4.29. The van der Waals surface area contributed by atoms with Crippen molar-refractivity contribution < 1.29 is 4.74 Å². The summed E-state index contributed by atoms with van der Waals surface area (Å²) in [5, 5.41) is 2.40. The summed E-state index contributed by atoms with van der Waals surface area (Å²) in [5.74, 6) is 0.807. The van der Waals surface area contributed by atoms with Crippen LogP contribution in [0.4, 0.5) is 0 Å². The second-order valence-corrected chi connectivity index (χ2v) is 5.84. The monoisotopic (exact) mass is 284 g/mol. The minimum atomic E-state index is 0.726. The summed E-state index contributed by atoms with van der Waals surface area (Å²) in [5.41, 5.74) is 2.34. The lowest BCUT2D eigenvalue weighted by atomic mass is 10.1. The molecule has 0 aliphatic carbocycles. The molecule has 0 radical (unpaired) electrons. The van der Waals surface area contributed by atoms with Crippen LogP contribution in [0.3, 0.4) is 0 Å². The van der Waals surface area contributed by atoms with Crippen LogP contribution in [0.25, 0.3) is 10.8 Å². The van der Waals surface area contributed by atoms with E-state index in [1.165, 1.54) is 36.9 Å². The molecule has 3 heteroatoms. The van der Waals surface area contributed by atoms with Crippen molar-refractivity contribution in [3.05, 3.63) is 35.5 Å². The van der Waals surface area contributed by atoms with Gasteiger partial charge in [-0.05, 0) is 56.3 Å². The summed E-state index contributed by atoms with van der Waals surface area (Å²) < 4.78 is 6.05. The minimum Gasteiger partial charge on any atom is -0.476 e. The molecule has 1 saturated heterocycles. The van der Waals surface area contributed by atoms with Crippen molar-refractivity contribution in [2.75, 3.05) is 26.2 Å². The maximum Gasteiger partial charge on any atom is 0.221 e. The Labute approximate surface area is 126 Å². The zero-order valence-electron chi connectivity index (χ0n) is 13.1. The molecule has 0 spiro atoms. The van der Waals surface area contributed by atoms with E-state index in [0.29, 0.717) is 0 Å². The summed E-state index contributed by atoms with van der Waals surface area (Å²) in [6.07, 6.45) is 3.59. The summed E-state index contributed by atoms with van der Waals surface area (Å²) in [4.78, 5) is 7.17. The van der Waals surface area contributed by atoms with Gasteiger partial charge in [0.2, 0.25) is 5.88 Å². The van der Waals surface area contributed by atoms with Crippen LogP contribution in [0.1, 0.15) is 31.0 Å². The molecule has 0 unspecified atom stereocenters. The molecule has 1 fully saturated rings. The van der Waals surface area contributed by atoms with E-state index in [4.69, 9.17) is 9.72 Å². The second-order valence-electron chi connectivity index (χ2n) is 5.84. The predicted molar refractivity (Wildman–Crippen MR) is 87.0 cm³/mol. The molecule has 0 saturated carbocycles. The van der Waals surface area contributed by atoms with Crippen LogP contribution in [0, 0.1) is 6.92 Å². The lowest BCUT2D eigenvalue weighted by Gasteiger charge is -2.16.